The fourth-order valence-electron chi connectivity index (χ4n) is 2.61. The molecule has 0 radical (unpaired) electrons. The van der Waals surface area contributed by atoms with Crippen molar-refractivity contribution < 1.29 is 4.79 Å². The van der Waals surface area contributed by atoms with Crippen LogP contribution in [0.1, 0.15) is 59.3 Å². The van der Waals surface area contributed by atoms with Crippen molar-refractivity contribution in [1.29, 1.82) is 0 Å². The molecule has 0 heterocycles. The average molecular weight is 254 g/mol. The molecule has 1 saturated carbocycles. The van der Waals surface area contributed by atoms with E-state index < -0.39 is 0 Å². The Balaban J connectivity index is 2.35. The Bertz CT molecular complexity index is 262. The van der Waals surface area contributed by atoms with Crippen molar-refractivity contribution in [3.63, 3.8) is 0 Å². The Labute approximate surface area is 112 Å². The molecular weight excluding hydrogens is 224 g/mol. The Hall–Kier alpha value is -0.570. The van der Waals surface area contributed by atoms with Crippen LogP contribution in [0.2, 0.25) is 0 Å². The van der Waals surface area contributed by atoms with Crippen LogP contribution in [0.3, 0.4) is 0 Å². The van der Waals surface area contributed by atoms with E-state index in [0.29, 0.717) is 24.4 Å². The summed E-state index contributed by atoms with van der Waals surface area (Å²) < 4.78 is 0. The Kier molecular flexibility index (Phi) is 5.64. The molecule has 1 fully saturated rings. The zero-order chi connectivity index (χ0) is 13.8. The lowest BCUT2D eigenvalue weighted by Crippen LogP contribution is -2.42. The summed E-state index contributed by atoms with van der Waals surface area (Å²) >= 11 is 0. The van der Waals surface area contributed by atoms with Crippen LogP contribution in [-0.4, -0.2) is 37.0 Å². The maximum Gasteiger partial charge on any atom is 0.222 e. The molecule has 1 rings (SSSR count). The van der Waals surface area contributed by atoms with Crippen molar-refractivity contribution >= 4 is 5.91 Å². The molecule has 0 aliphatic heterocycles. The molecular formula is C15H30N2O. The van der Waals surface area contributed by atoms with Gasteiger partial charge in [0, 0.05) is 25.6 Å². The molecule has 1 aliphatic carbocycles. The maximum absolute atomic E-state index is 12.2. The highest BCUT2D eigenvalue weighted by Crippen LogP contribution is 2.25. The predicted octanol–water partition coefficient (Wildman–Crippen LogP) is 2.80. The van der Waals surface area contributed by atoms with Crippen molar-refractivity contribution in [3.8, 4) is 0 Å². The molecule has 0 unspecified atom stereocenters. The van der Waals surface area contributed by atoms with Gasteiger partial charge in [-0.1, -0.05) is 20.8 Å². The van der Waals surface area contributed by atoms with Crippen LogP contribution >= 0.6 is 0 Å². The molecule has 1 N–H and O–H groups in total. The van der Waals surface area contributed by atoms with E-state index in [-0.39, 0.29) is 5.41 Å². The molecule has 0 aromatic carbocycles. The van der Waals surface area contributed by atoms with Gasteiger partial charge in [-0.05, 0) is 44.6 Å². The topological polar surface area (TPSA) is 32.3 Å². The summed E-state index contributed by atoms with van der Waals surface area (Å²) in [6, 6.07) is 1.11. The van der Waals surface area contributed by atoms with Crippen LogP contribution in [0.15, 0.2) is 0 Å². The lowest BCUT2D eigenvalue weighted by atomic mass is 9.88. The van der Waals surface area contributed by atoms with E-state index in [9.17, 15) is 4.79 Å². The first-order chi connectivity index (χ1) is 8.33. The molecule has 0 saturated heterocycles. The molecule has 3 nitrogen and oxygen atoms in total. The van der Waals surface area contributed by atoms with Crippen LogP contribution < -0.4 is 5.32 Å². The summed E-state index contributed by atoms with van der Waals surface area (Å²) in [6.45, 7) is 6.58. The maximum atomic E-state index is 12.2. The van der Waals surface area contributed by atoms with Crippen LogP contribution in [0.25, 0.3) is 0 Å². The summed E-state index contributed by atoms with van der Waals surface area (Å²) in [6.07, 6.45) is 6.33. The van der Waals surface area contributed by atoms with Gasteiger partial charge in [-0.15, -0.1) is 0 Å². The fourth-order valence-corrected chi connectivity index (χ4v) is 2.61. The van der Waals surface area contributed by atoms with E-state index in [1.165, 1.54) is 12.8 Å². The van der Waals surface area contributed by atoms with E-state index in [1.807, 2.05) is 19.0 Å². The van der Waals surface area contributed by atoms with Gasteiger partial charge in [0.25, 0.3) is 0 Å². The number of rotatable bonds is 4. The third-order valence-electron chi connectivity index (χ3n) is 4.13. The molecule has 1 amide bonds. The van der Waals surface area contributed by atoms with Gasteiger partial charge >= 0.3 is 0 Å². The molecule has 0 spiro atoms. The average Bonchev–Trinajstić information content (AvgIpc) is 2.34. The zero-order valence-electron chi connectivity index (χ0n) is 12.8. The quantitative estimate of drug-likeness (QED) is 0.836. The minimum atomic E-state index is 0.250. The highest BCUT2D eigenvalue weighted by molar-refractivity contribution is 5.76. The zero-order valence-corrected chi connectivity index (χ0v) is 12.8. The standard InChI is InChI=1S/C15H30N2O/c1-15(2,3)11-10-14(18)17(5)13-8-6-12(16-4)7-9-13/h12-13,16H,6-11H2,1-5H3. The lowest BCUT2D eigenvalue weighted by Gasteiger charge is -2.35. The number of nitrogens with one attached hydrogen (secondary N) is 1. The molecule has 106 valence electrons. The second-order valence-electron chi connectivity index (χ2n) is 6.86. The van der Waals surface area contributed by atoms with Gasteiger partial charge in [-0.25, -0.2) is 0 Å². The van der Waals surface area contributed by atoms with Gasteiger partial charge in [0.2, 0.25) is 5.91 Å². The van der Waals surface area contributed by atoms with Crippen molar-refractivity contribution in [2.45, 2.75) is 71.4 Å². The molecule has 1 aliphatic rings. The Morgan fingerprint density at radius 2 is 1.78 bits per heavy atom. The van der Waals surface area contributed by atoms with Gasteiger partial charge in [-0.3, -0.25) is 4.79 Å². The minimum absolute atomic E-state index is 0.250. The van der Waals surface area contributed by atoms with Gasteiger partial charge in [0.15, 0.2) is 0 Å². The van der Waals surface area contributed by atoms with Crippen molar-refractivity contribution in [1.82, 2.24) is 10.2 Å². The second kappa shape index (κ2) is 6.55. The van der Waals surface area contributed by atoms with E-state index >= 15 is 0 Å². The van der Waals surface area contributed by atoms with E-state index in [0.717, 1.165) is 19.3 Å². The molecule has 0 aromatic rings. The first-order valence-corrected chi connectivity index (χ1v) is 7.26. The molecule has 3 heteroatoms. The molecule has 0 bridgehead atoms. The summed E-state index contributed by atoms with van der Waals surface area (Å²) in [5, 5.41) is 3.33. The van der Waals surface area contributed by atoms with Crippen LogP contribution in [0.4, 0.5) is 0 Å². The Morgan fingerprint density at radius 1 is 1.22 bits per heavy atom. The lowest BCUT2D eigenvalue weighted by molar-refractivity contribution is -0.133. The number of nitrogens with zero attached hydrogens (tertiary/aromatic N) is 1. The SMILES string of the molecule is CNC1CCC(N(C)C(=O)CCC(C)(C)C)CC1. The highest BCUT2D eigenvalue weighted by atomic mass is 16.2. The number of hydrogen-bond acceptors (Lipinski definition) is 2. The monoisotopic (exact) mass is 254 g/mol. The van der Waals surface area contributed by atoms with Gasteiger partial charge in [0.05, 0.1) is 0 Å². The third-order valence-corrected chi connectivity index (χ3v) is 4.13. The van der Waals surface area contributed by atoms with E-state index in [2.05, 4.69) is 26.1 Å². The van der Waals surface area contributed by atoms with Crippen molar-refractivity contribution in [2.75, 3.05) is 14.1 Å². The summed E-state index contributed by atoms with van der Waals surface area (Å²) in [5.41, 5.74) is 0.250. The minimum Gasteiger partial charge on any atom is -0.343 e. The van der Waals surface area contributed by atoms with Gasteiger partial charge in [-0.2, -0.15) is 0 Å². The van der Waals surface area contributed by atoms with Gasteiger partial charge in [0.1, 0.15) is 0 Å². The van der Waals surface area contributed by atoms with Crippen molar-refractivity contribution in [2.24, 2.45) is 5.41 Å². The number of carbonyl (C=O) groups excluding carboxylic acids is 1. The normalized spacial score (nSPS) is 24.9. The summed E-state index contributed by atoms with van der Waals surface area (Å²) in [7, 11) is 4.01. The smallest absolute Gasteiger partial charge is 0.222 e. The first-order valence-electron chi connectivity index (χ1n) is 7.26. The predicted molar refractivity (Wildman–Crippen MR) is 76.6 cm³/mol. The second-order valence-corrected chi connectivity index (χ2v) is 6.86. The number of carbonyl (C=O) groups is 1. The van der Waals surface area contributed by atoms with Crippen LogP contribution in [-0.2, 0) is 4.79 Å². The van der Waals surface area contributed by atoms with E-state index in [1.54, 1.807) is 0 Å². The molecule has 0 aromatic heterocycles. The van der Waals surface area contributed by atoms with Gasteiger partial charge < -0.3 is 10.2 Å². The van der Waals surface area contributed by atoms with Crippen molar-refractivity contribution in [3.05, 3.63) is 0 Å². The highest BCUT2D eigenvalue weighted by Gasteiger charge is 2.26. The first kappa shape index (κ1) is 15.5. The molecule has 0 atom stereocenters. The van der Waals surface area contributed by atoms with E-state index in [4.69, 9.17) is 0 Å². The number of hydrogen-bond donors (Lipinski definition) is 1. The summed E-state index contributed by atoms with van der Waals surface area (Å²) in [4.78, 5) is 14.1. The number of amides is 1. The largest absolute Gasteiger partial charge is 0.343 e. The third kappa shape index (κ3) is 4.97. The fraction of sp³-hybridized carbons (Fsp3) is 0.933. The van der Waals surface area contributed by atoms with Crippen LogP contribution in [0.5, 0.6) is 0 Å². The summed E-state index contributed by atoms with van der Waals surface area (Å²) in [5.74, 6) is 0.317. The van der Waals surface area contributed by atoms with Crippen LogP contribution in [0, 0.1) is 5.41 Å². The Morgan fingerprint density at radius 3 is 2.22 bits per heavy atom. The molecule has 18 heavy (non-hydrogen) atoms.